The van der Waals surface area contributed by atoms with Gasteiger partial charge in [-0.25, -0.2) is 4.98 Å². The maximum Gasteiger partial charge on any atom is 0.139 e. The number of hydrogen-bond acceptors (Lipinski definition) is 3. The minimum Gasteiger partial charge on any atom is -0.496 e. The minimum atomic E-state index is 0.734. The van der Waals surface area contributed by atoms with Gasteiger partial charge in [0.15, 0.2) is 0 Å². The molecule has 0 spiro atoms. The van der Waals surface area contributed by atoms with Crippen LogP contribution in [0.15, 0.2) is 72.9 Å². The first-order valence-corrected chi connectivity index (χ1v) is 9.32. The largest absolute Gasteiger partial charge is 0.496 e. The molecule has 0 aliphatic rings. The van der Waals surface area contributed by atoms with Gasteiger partial charge in [0.25, 0.3) is 0 Å². The minimum absolute atomic E-state index is 0.734. The quantitative estimate of drug-likeness (QED) is 0.492. The summed E-state index contributed by atoms with van der Waals surface area (Å²) in [5, 5.41) is 3.56. The van der Waals surface area contributed by atoms with E-state index < -0.39 is 0 Å². The molecule has 0 saturated heterocycles. The van der Waals surface area contributed by atoms with Crippen LogP contribution in [0.4, 0.5) is 5.82 Å². The summed E-state index contributed by atoms with van der Waals surface area (Å²) in [5.41, 5.74) is 5.25. The highest BCUT2D eigenvalue weighted by atomic mass is 16.5. The molecule has 140 valence electrons. The van der Waals surface area contributed by atoms with E-state index in [1.54, 1.807) is 7.11 Å². The van der Waals surface area contributed by atoms with Crippen LogP contribution in [-0.4, -0.2) is 16.5 Å². The van der Waals surface area contributed by atoms with Gasteiger partial charge in [-0.1, -0.05) is 54.6 Å². The van der Waals surface area contributed by atoms with Crippen LogP contribution in [-0.2, 0) is 6.54 Å². The van der Waals surface area contributed by atoms with Gasteiger partial charge in [0.1, 0.15) is 22.9 Å². The normalized spacial score (nSPS) is 11.2. The molecule has 2 aromatic carbocycles. The summed E-state index contributed by atoms with van der Waals surface area (Å²) in [4.78, 5) is 4.81. The predicted molar refractivity (Wildman–Crippen MR) is 116 cm³/mol. The lowest BCUT2D eigenvalue weighted by molar-refractivity contribution is 0.414. The Hall–Kier alpha value is -3.53. The average molecular weight is 369 g/mol. The number of nitrogens with zero attached hydrogens (tertiary/aromatic N) is 2. The molecule has 0 aliphatic heterocycles. The lowest BCUT2D eigenvalue weighted by Crippen LogP contribution is -2.03. The molecule has 4 heteroatoms. The maximum absolute atomic E-state index is 5.45. The number of methoxy groups -OCH3 is 1. The van der Waals surface area contributed by atoms with Gasteiger partial charge in [-0.2, -0.15) is 0 Å². The molecular weight excluding hydrogens is 346 g/mol. The second kappa shape index (κ2) is 8.01. The van der Waals surface area contributed by atoms with Gasteiger partial charge in [0, 0.05) is 18.3 Å². The molecule has 2 heterocycles. The van der Waals surface area contributed by atoms with Crippen molar-refractivity contribution in [3.8, 4) is 5.75 Å². The van der Waals surface area contributed by atoms with Crippen molar-refractivity contribution in [1.29, 1.82) is 0 Å². The average Bonchev–Trinajstić information content (AvgIpc) is 3.08. The van der Waals surface area contributed by atoms with Crippen molar-refractivity contribution in [3.05, 3.63) is 95.3 Å². The van der Waals surface area contributed by atoms with Crippen LogP contribution < -0.4 is 10.1 Å². The molecule has 0 bridgehead atoms. The number of fused-ring (bicyclic) bond motifs is 1. The molecule has 0 atom stereocenters. The molecule has 0 amide bonds. The zero-order chi connectivity index (χ0) is 19.3. The summed E-state index contributed by atoms with van der Waals surface area (Å²) >= 11 is 0. The number of ether oxygens (including phenoxy) is 1. The van der Waals surface area contributed by atoms with Crippen LogP contribution in [0.2, 0.25) is 0 Å². The molecular formula is C24H23N3O. The summed E-state index contributed by atoms with van der Waals surface area (Å²) in [6.45, 7) is 2.82. The Kier molecular flexibility index (Phi) is 5.11. The van der Waals surface area contributed by atoms with Crippen LogP contribution in [0.1, 0.15) is 22.4 Å². The van der Waals surface area contributed by atoms with E-state index in [0.717, 1.165) is 35.0 Å². The second-order valence-corrected chi connectivity index (χ2v) is 6.69. The monoisotopic (exact) mass is 369 g/mol. The first kappa shape index (κ1) is 17.9. The van der Waals surface area contributed by atoms with Crippen LogP contribution in [0.25, 0.3) is 17.8 Å². The van der Waals surface area contributed by atoms with Crippen LogP contribution in [0, 0.1) is 6.92 Å². The summed E-state index contributed by atoms with van der Waals surface area (Å²) in [6, 6.07) is 22.5. The number of hydrogen-bond donors (Lipinski definition) is 1. The lowest BCUT2D eigenvalue weighted by atomic mass is 10.1. The Morgan fingerprint density at radius 1 is 0.964 bits per heavy atom. The van der Waals surface area contributed by atoms with Crippen molar-refractivity contribution < 1.29 is 4.74 Å². The number of benzene rings is 2. The molecule has 0 radical (unpaired) electrons. The Bertz CT molecular complexity index is 1110. The fourth-order valence-corrected chi connectivity index (χ4v) is 3.22. The summed E-state index contributed by atoms with van der Waals surface area (Å²) < 4.78 is 7.56. The molecule has 4 aromatic rings. The van der Waals surface area contributed by atoms with Crippen molar-refractivity contribution in [1.82, 2.24) is 9.38 Å². The number of aromatic nitrogens is 2. The summed E-state index contributed by atoms with van der Waals surface area (Å²) in [5.74, 6) is 1.82. The number of aryl methyl sites for hydroxylation is 1. The van der Waals surface area contributed by atoms with E-state index in [0.29, 0.717) is 0 Å². The van der Waals surface area contributed by atoms with E-state index in [2.05, 4.69) is 53.2 Å². The zero-order valence-corrected chi connectivity index (χ0v) is 16.1. The third kappa shape index (κ3) is 3.76. The zero-order valence-electron chi connectivity index (χ0n) is 16.1. The molecule has 1 N–H and O–H groups in total. The number of nitrogens with one attached hydrogen (secondary N) is 1. The van der Waals surface area contributed by atoms with E-state index in [-0.39, 0.29) is 0 Å². The first-order chi connectivity index (χ1) is 13.7. The van der Waals surface area contributed by atoms with Crippen molar-refractivity contribution in [2.75, 3.05) is 12.4 Å². The molecule has 0 aliphatic carbocycles. The van der Waals surface area contributed by atoms with Crippen molar-refractivity contribution in [2.24, 2.45) is 0 Å². The van der Waals surface area contributed by atoms with Gasteiger partial charge in [-0.3, -0.25) is 4.40 Å². The maximum atomic E-state index is 5.45. The molecule has 0 fully saturated rings. The highest BCUT2D eigenvalue weighted by molar-refractivity contribution is 5.77. The number of rotatable bonds is 6. The van der Waals surface area contributed by atoms with E-state index in [4.69, 9.17) is 9.72 Å². The number of pyridine rings is 1. The highest BCUT2D eigenvalue weighted by Gasteiger charge is 2.10. The third-order valence-corrected chi connectivity index (χ3v) is 4.66. The highest BCUT2D eigenvalue weighted by Crippen LogP contribution is 2.24. The smallest absolute Gasteiger partial charge is 0.139 e. The second-order valence-electron chi connectivity index (χ2n) is 6.69. The van der Waals surface area contributed by atoms with Crippen molar-refractivity contribution >= 4 is 23.6 Å². The molecule has 0 unspecified atom stereocenters. The first-order valence-electron chi connectivity index (χ1n) is 9.32. The predicted octanol–water partition coefficient (Wildman–Crippen LogP) is 5.43. The summed E-state index contributed by atoms with van der Waals surface area (Å²) in [7, 11) is 1.69. The molecule has 2 aromatic heterocycles. The fourth-order valence-electron chi connectivity index (χ4n) is 3.22. The molecule has 4 rings (SSSR count). The van der Waals surface area contributed by atoms with Crippen LogP contribution >= 0.6 is 0 Å². The Balaban J connectivity index is 1.71. The van der Waals surface area contributed by atoms with Gasteiger partial charge >= 0.3 is 0 Å². The van der Waals surface area contributed by atoms with E-state index in [9.17, 15) is 0 Å². The fraction of sp³-hybridized carbons (Fsp3) is 0.125. The molecule has 4 nitrogen and oxygen atoms in total. The summed E-state index contributed by atoms with van der Waals surface area (Å²) in [6.07, 6.45) is 6.19. The Labute approximate surface area is 165 Å². The van der Waals surface area contributed by atoms with Crippen LogP contribution in [0.5, 0.6) is 5.75 Å². The van der Waals surface area contributed by atoms with Crippen molar-refractivity contribution in [3.63, 3.8) is 0 Å². The SMILES string of the molecule is COc1ccccc1C=Cc1nc2ccc(C)cn2c1NCc1ccccc1. The van der Waals surface area contributed by atoms with Gasteiger partial charge < -0.3 is 10.1 Å². The van der Waals surface area contributed by atoms with E-state index in [1.807, 2.05) is 48.6 Å². The Morgan fingerprint density at radius 2 is 1.75 bits per heavy atom. The van der Waals surface area contributed by atoms with Gasteiger partial charge in [0.05, 0.1) is 7.11 Å². The number of para-hydroxylation sites is 1. The standard InChI is InChI=1S/C24H23N3O/c1-18-12-15-23-26-21(14-13-20-10-6-7-11-22(20)28-2)24(27(23)17-18)25-16-19-8-4-3-5-9-19/h3-15,17,25H,16H2,1-2H3. The van der Waals surface area contributed by atoms with E-state index in [1.165, 1.54) is 11.1 Å². The number of anilines is 1. The van der Waals surface area contributed by atoms with Gasteiger partial charge in [-0.15, -0.1) is 0 Å². The van der Waals surface area contributed by atoms with Crippen molar-refractivity contribution in [2.45, 2.75) is 13.5 Å². The Morgan fingerprint density at radius 3 is 2.57 bits per heavy atom. The van der Waals surface area contributed by atoms with Gasteiger partial charge in [0.2, 0.25) is 0 Å². The topological polar surface area (TPSA) is 38.6 Å². The van der Waals surface area contributed by atoms with E-state index >= 15 is 0 Å². The number of imidazole rings is 1. The molecule has 28 heavy (non-hydrogen) atoms. The lowest BCUT2D eigenvalue weighted by Gasteiger charge is -2.08. The van der Waals surface area contributed by atoms with Gasteiger partial charge in [-0.05, 0) is 42.3 Å². The third-order valence-electron chi connectivity index (χ3n) is 4.66. The van der Waals surface area contributed by atoms with Crippen LogP contribution in [0.3, 0.4) is 0 Å². The molecule has 0 saturated carbocycles.